The van der Waals surface area contributed by atoms with Gasteiger partial charge in [0.2, 0.25) is 0 Å². The van der Waals surface area contributed by atoms with Crippen LogP contribution < -0.4 is 0 Å². The molecule has 0 bridgehead atoms. The van der Waals surface area contributed by atoms with Gasteiger partial charge in [0.1, 0.15) is 0 Å². The molecule has 0 amide bonds. The molecule has 0 aliphatic heterocycles. The molecule has 0 saturated carbocycles. The molecule has 2 atom stereocenters. The quantitative estimate of drug-likeness (QED) is 0.0501. The minimum Gasteiger partial charge on any atom is -0.465 e. The monoisotopic (exact) mass is 724 g/mol. The van der Waals surface area contributed by atoms with E-state index in [0.29, 0.717) is 19.1 Å². The van der Waals surface area contributed by atoms with Crippen LogP contribution in [0.5, 0.6) is 0 Å². The fraction of sp³-hybridized carbons (Fsp3) is 0.956. The van der Waals surface area contributed by atoms with Crippen LogP contribution in [0.15, 0.2) is 0 Å². The van der Waals surface area contributed by atoms with Crippen molar-refractivity contribution in [2.75, 3.05) is 40.0 Å². The molecular formula is C45H89NO5. The Hall–Kier alpha value is -1.14. The van der Waals surface area contributed by atoms with Crippen molar-refractivity contribution in [2.24, 2.45) is 17.8 Å². The van der Waals surface area contributed by atoms with E-state index in [1.807, 2.05) is 0 Å². The van der Waals surface area contributed by atoms with Crippen LogP contribution in [0.3, 0.4) is 0 Å². The second-order valence-corrected chi connectivity index (χ2v) is 15.9. The van der Waals surface area contributed by atoms with Crippen molar-refractivity contribution in [1.29, 1.82) is 0 Å². The molecule has 0 rings (SSSR count). The summed E-state index contributed by atoms with van der Waals surface area (Å²) in [5.41, 5.74) is 0. The van der Waals surface area contributed by atoms with Gasteiger partial charge in [0.05, 0.1) is 25.0 Å². The molecule has 0 aliphatic carbocycles. The number of hydrogen-bond donors (Lipinski definition) is 1. The Labute approximate surface area is 318 Å². The van der Waals surface area contributed by atoms with Gasteiger partial charge in [0.15, 0.2) is 0 Å². The maximum Gasteiger partial charge on any atom is 0.308 e. The average molecular weight is 724 g/mol. The highest BCUT2D eigenvalue weighted by molar-refractivity contribution is 5.72. The zero-order chi connectivity index (χ0) is 37.6. The summed E-state index contributed by atoms with van der Waals surface area (Å²) in [6.07, 6.45) is 34.0. The Balaban J connectivity index is 4.79. The van der Waals surface area contributed by atoms with Crippen LogP contribution >= 0.6 is 0 Å². The van der Waals surface area contributed by atoms with Gasteiger partial charge in [-0.3, -0.25) is 9.59 Å². The predicted molar refractivity (Wildman–Crippen MR) is 218 cm³/mol. The number of carbonyl (C=O) groups excluding carboxylic acids is 2. The van der Waals surface area contributed by atoms with Crippen molar-refractivity contribution in [3.05, 3.63) is 0 Å². The zero-order valence-corrected chi connectivity index (χ0v) is 35.0. The highest BCUT2D eigenvalue weighted by Crippen LogP contribution is 2.23. The third kappa shape index (κ3) is 32.0. The van der Waals surface area contributed by atoms with Gasteiger partial charge in [-0.25, -0.2) is 0 Å². The highest BCUT2D eigenvalue weighted by Gasteiger charge is 2.21. The van der Waals surface area contributed by atoms with Gasteiger partial charge in [0, 0.05) is 13.2 Å². The Morgan fingerprint density at radius 2 is 0.824 bits per heavy atom. The molecule has 0 spiro atoms. The summed E-state index contributed by atoms with van der Waals surface area (Å²) in [5.74, 6) is 0.783. The lowest BCUT2D eigenvalue weighted by molar-refractivity contribution is -0.150. The summed E-state index contributed by atoms with van der Waals surface area (Å²) in [4.78, 5) is 28.5. The lowest BCUT2D eigenvalue weighted by Gasteiger charge is -2.24. The number of carbonyl (C=O) groups is 2. The zero-order valence-electron chi connectivity index (χ0n) is 35.0. The first-order chi connectivity index (χ1) is 24.9. The van der Waals surface area contributed by atoms with E-state index in [0.717, 1.165) is 116 Å². The van der Waals surface area contributed by atoms with E-state index in [4.69, 9.17) is 9.47 Å². The molecule has 6 heteroatoms. The van der Waals surface area contributed by atoms with E-state index < -0.39 is 0 Å². The fourth-order valence-corrected chi connectivity index (χ4v) is 7.39. The standard InChI is InChI=1S/C45H89NO5/c1-6-10-14-18-19-23-35-43(34-22-17-13-9-4)45(49)51-39-29-25-31-41(40-46(5)36-26-27-37-47)30-24-28-38-50-44(48)42(32-20-15-11-7-2)33-21-16-12-8-3/h41-43,47H,6-40H2,1-5H3. The van der Waals surface area contributed by atoms with E-state index in [1.54, 1.807) is 0 Å². The summed E-state index contributed by atoms with van der Waals surface area (Å²) in [6.45, 7) is 12.3. The van der Waals surface area contributed by atoms with Gasteiger partial charge in [-0.15, -0.1) is 0 Å². The molecule has 51 heavy (non-hydrogen) atoms. The molecule has 6 nitrogen and oxygen atoms in total. The number of aliphatic hydroxyl groups is 1. The third-order valence-electron chi connectivity index (χ3n) is 10.8. The Morgan fingerprint density at radius 3 is 1.22 bits per heavy atom. The topological polar surface area (TPSA) is 76.1 Å². The largest absolute Gasteiger partial charge is 0.465 e. The number of ether oxygens (including phenoxy) is 2. The van der Waals surface area contributed by atoms with Crippen molar-refractivity contribution in [3.8, 4) is 0 Å². The number of unbranched alkanes of at least 4 members (excludes halogenated alkanes) is 17. The normalized spacial score (nSPS) is 12.9. The van der Waals surface area contributed by atoms with Crippen LogP contribution in [-0.4, -0.2) is 61.9 Å². The molecule has 0 radical (unpaired) electrons. The predicted octanol–water partition coefficient (Wildman–Crippen LogP) is 12.6. The summed E-state index contributed by atoms with van der Waals surface area (Å²) in [5, 5.41) is 9.23. The van der Waals surface area contributed by atoms with Crippen molar-refractivity contribution in [1.82, 2.24) is 4.90 Å². The summed E-state index contributed by atoms with van der Waals surface area (Å²) in [6, 6.07) is 0. The molecule has 0 aromatic heterocycles. The van der Waals surface area contributed by atoms with E-state index in [1.165, 1.54) is 89.9 Å². The first-order valence-corrected chi connectivity index (χ1v) is 22.6. The summed E-state index contributed by atoms with van der Waals surface area (Å²) >= 11 is 0. The van der Waals surface area contributed by atoms with Crippen LogP contribution in [0.4, 0.5) is 0 Å². The molecule has 0 aromatic rings. The van der Waals surface area contributed by atoms with E-state index >= 15 is 0 Å². The van der Waals surface area contributed by atoms with Crippen molar-refractivity contribution in [3.63, 3.8) is 0 Å². The number of aliphatic hydroxyl groups excluding tert-OH is 1. The molecule has 0 saturated heterocycles. The van der Waals surface area contributed by atoms with E-state index in [2.05, 4.69) is 39.6 Å². The Morgan fingerprint density at radius 1 is 0.471 bits per heavy atom. The maximum atomic E-state index is 13.1. The van der Waals surface area contributed by atoms with E-state index in [9.17, 15) is 14.7 Å². The second kappa shape index (κ2) is 38.6. The SMILES string of the molecule is CCCCCCCCC(CCCCCC)C(=O)OCCCCC(CCCCOC(=O)C(CCCCCC)CCCCCC)CN(C)CCCCO. The summed E-state index contributed by atoms with van der Waals surface area (Å²) in [7, 11) is 2.19. The van der Waals surface area contributed by atoms with Crippen molar-refractivity contribution in [2.45, 2.75) is 220 Å². The highest BCUT2D eigenvalue weighted by atomic mass is 16.5. The van der Waals surface area contributed by atoms with E-state index in [-0.39, 0.29) is 30.4 Å². The van der Waals surface area contributed by atoms with Gasteiger partial charge in [-0.2, -0.15) is 0 Å². The molecule has 1 N–H and O–H groups in total. The molecule has 0 aromatic carbocycles. The molecule has 2 unspecified atom stereocenters. The average Bonchev–Trinajstić information content (AvgIpc) is 3.12. The number of esters is 2. The summed E-state index contributed by atoms with van der Waals surface area (Å²) < 4.78 is 11.8. The number of nitrogens with zero attached hydrogens (tertiary/aromatic N) is 1. The smallest absolute Gasteiger partial charge is 0.308 e. The maximum absolute atomic E-state index is 13.1. The van der Waals surface area contributed by atoms with Crippen LogP contribution in [-0.2, 0) is 19.1 Å². The fourth-order valence-electron chi connectivity index (χ4n) is 7.39. The molecular weight excluding hydrogens is 634 g/mol. The molecule has 0 heterocycles. The first-order valence-electron chi connectivity index (χ1n) is 22.6. The first kappa shape index (κ1) is 49.9. The molecule has 0 fully saturated rings. The molecule has 0 aliphatic rings. The van der Waals surface area contributed by atoms with Gasteiger partial charge in [0.25, 0.3) is 0 Å². The van der Waals surface area contributed by atoms with Crippen LogP contribution in [0.1, 0.15) is 220 Å². The van der Waals surface area contributed by atoms with Gasteiger partial charge < -0.3 is 19.5 Å². The van der Waals surface area contributed by atoms with Crippen molar-refractivity contribution >= 4 is 11.9 Å². The van der Waals surface area contributed by atoms with Crippen molar-refractivity contribution < 1.29 is 24.2 Å². The lowest BCUT2D eigenvalue weighted by atomic mass is 9.94. The van der Waals surface area contributed by atoms with Crippen LogP contribution in [0, 0.1) is 17.8 Å². The molecule has 304 valence electrons. The van der Waals surface area contributed by atoms with Gasteiger partial charge in [-0.1, -0.05) is 143 Å². The van der Waals surface area contributed by atoms with Gasteiger partial charge >= 0.3 is 11.9 Å². The van der Waals surface area contributed by atoms with Crippen LogP contribution in [0.25, 0.3) is 0 Å². The Kier molecular flexibility index (Phi) is 37.7. The number of hydrogen-bond acceptors (Lipinski definition) is 6. The number of rotatable bonds is 40. The minimum absolute atomic E-state index is 0.0351. The second-order valence-electron chi connectivity index (χ2n) is 15.9. The van der Waals surface area contributed by atoms with Gasteiger partial charge in [-0.05, 0) is 96.6 Å². The minimum atomic E-state index is 0.0351. The third-order valence-corrected chi connectivity index (χ3v) is 10.8. The Bertz CT molecular complexity index is 734. The lowest BCUT2D eigenvalue weighted by Crippen LogP contribution is -2.27. The van der Waals surface area contributed by atoms with Crippen LogP contribution in [0.2, 0.25) is 0 Å².